The van der Waals surface area contributed by atoms with Crippen LogP contribution in [0.5, 0.6) is 0 Å². The molecule has 0 aliphatic heterocycles. The van der Waals surface area contributed by atoms with E-state index in [9.17, 15) is 5.11 Å². The van der Waals surface area contributed by atoms with Gasteiger partial charge in [-0.05, 0) is 19.8 Å². The predicted octanol–water partition coefficient (Wildman–Crippen LogP) is 0.448. The van der Waals surface area contributed by atoms with E-state index in [-0.39, 0.29) is 0 Å². The second-order valence-corrected chi connectivity index (χ2v) is 2.66. The summed E-state index contributed by atoms with van der Waals surface area (Å²) in [7, 11) is 0. The van der Waals surface area contributed by atoms with Crippen molar-refractivity contribution < 1.29 is 10.2 Å². The van der Waals surface area contributed by atoms with Crippen molar-refractivity contribution in [1.82, 2.24) is 0 Å². The second kappa shape index (κ2) is 2.12. The van der Waals surface area contributed by atoms with E-state index in [4.69, 9.17) is 5.11 Å². The topological polar surface area (TPSA) is 40.5 Å². The molecule has 0 saturated carbocycles. The van der Waals surface area contributed by atoms with Crippen LogP contribution in [-0.4, -0.2) is 21.9 Å². The van der Waals surface area contributed by atoms with E-state index >= 15 is 0 Å². The maximum atomic E-state index is 9.46. The van der Waals surface area contributed by atoms with Gasteiger partial charge in [-0.2, -0.15) is 0 Å². The van der Waals surface area contributed by atoms with Gasteiger partial charge in [0, 0.05) is 0 Å². The number of rotatable bonds is 1. The molecule has 1 unspecified atom stereocenters. The summed E-state index contributed by atoms with van der Waals surface area (Å²) >= 11 is 0. The Bertz CT molecular complexity index is 119. The first-order chi connectivity index (χ1) is 4.15. The van der Waals surface area contributed by atoms with E-state index in [0.29, 0.717) is 12.8 Å². The van der Waals surface area contributed by atoms with Crippen LogP contribution in [0.25, 0.3) is 0 Å². The van der Waals surface area contributed by atoms with E-state index < -0.39 is 11.7 Å². The molecule has 0 aromatic rings. The molecule has 1 rings (SSSR count). The maximum absolute atomic E-state index is 9.46. The number of aliphatic hydroxyl groups is 2. The lowest BCUT2D eigenvalue weighted by Crippen LogP contribution is -2.37. The molecule has 0 amide bonds. The molecule has 1 aliphatic rings. The van der Waals surface area contributed by atoms with Gasteiger partial charge in [0.1, 0.15) is 0 Å². The first-order valence-corrected chi connectivity index (χ1v) is 3.20. The van der Waals surface area contributed by atoms with E-state index in [1.54, 1.807) is 6.92 Å². The van der Waals surface area contributed by atoms with Crippen molar-refractivity contribution in [2.45, 2.75) is 31.5 Å². The van der Waals surface area contributed by atoms with Crippen molar-refractivity contribution in [3.63, 3.8) is 0 Å². The van der Waals surface area contributed by atoms with E-state index in [1.165, 1.54) is 0 Å². The van der Waals surface area contributed by atoms with Gasteiger partial charge in [-0.15, -0.1) is 0 Å². The standard InChI is InChI=1S/C7H12O2/c1-6(8)7(9)4-2-3-5-7/h2-3,6,8-9H,4-5H2,1H3. The first-order valence-electron chi connectivity index (χ1n) is 3.20. The Labute approximate surface area is 54.8 Å². The number of aliphatic hydroxyl groups excluding tert-OH is 1. The Balaban J connectivity index is 2.55. The SMILES string of the molecule is CC(O)C1(O)CC=CC1. The highest BCUT2D eigenvalue weighted by Gasteiger charge is 2.32. The van der Waals surface area contributed by atoms with Gasteiger partial charge >= 0.3 is 0 Å². The molecule has 0 radical (unpaired) electrons. The van der Waals surface area contributed by atoms with Gasteiger partial charge in [0.25, 0.3) is 0 Å². The van der Waals surface area contributed by atoms with Crippen LogP contribution in [0.4, 0.5) is 0 Å². The molecule has 0 spiro atoms. The zero-order chi connectivity index (χ0) is 6.91. The van der Waals surface area contributed by atoms with Crippen molar-refractivity contribution in [3.05, 3.63) is 12.2 Å². The van der Waals surface area contributed by atoms with Gasteiger partial charge in [0.15, 0.2) is 0 Å². The highest BCUT2D eigenvalue weighted by atomic mass is 16.3. The summed E-state index contributed by atoms with van der Waals surface area (Å²) in [6.45, 7) is 1.62. The molecule has 1 atom stereocenters. The lowest BCUT2D eigenvalue weighted by molar-refractivity contribution is -0.0560. The third-order valence-corrected chi connectivity index (χ3v) is 1.89. The molecule has 0 bridgehead atoms. The minimum Gasteiger partial charge on any atom is -0.390 e. The van der Waals surface area contributed by atoms with Crippen LogP contribution in [0, 0.1) is 0 Å². The minimum absolute atomic E-state index is 0.588. The van der Waals surface area contributed by atoms with Gasteiger partial charge < -0.3 is 10.2 Å². The van der Waals surface area contributed by atoms with Gasteiger partial charge in [0.2, 0.25) is 0 Å². The van der Waals surface area contributed by atoms with Crippen LogP contribution in [-0.2, 0) is 0 Å². The van der Waals surface area contributed by atoms with Crippen LogP contribution in [0.3, 0.4) is 0 Å². The molecule has 0 aromatic carbocycles. The molecule has 52 valence electrons. The van der Waals surface area contributed by atoms with Crippen molar-refractivity contribution in [3.8, 4) is 0 Å². The minimum atomic E-state index is -0.861. The highest BCUT2D eigenvalue weighted by molar-refractivity contribution is 5.05. The molecule has 9 heavy (non-hydrogen) atoms. The smallest absolute Gasteiger partial charge is 0.0970 e. The van der Waals surface area contributed by atoms with Gasteiger partial charge in [-0.1, -0.05) is 12.2 Å². The molecule has 0 saturated heterocycles. The van der Waals surface area contributed by atoms with E-state index in [1.807, 2.05) is 12.2 Å². The fourth-order valence-electron chi connectivity index (χ4n) is 0.999. The van der Waals surface area contributed by atoms with Crippen LogP contribution in [0.2, 0.25) is 0 Å². The zero-order valence-electron chi connectivity index (χ0n) is 5.54. The summed E-state index contributed by atoms with van der Waals surface area (Å²) in [5, 5.41) is 18.5. The molecule has 0 heterocycles. The lowest BCUT2D eigenvalue weighted by Gasteiger charge is -2.24. The fourth-order valence-corrected chi connectivity index (χ4v) is 0.999. The predicted molar refractivity (Wildman–Crippen MR) is 35.0 cm³/mol. The van der Waals surface area contributed by atoms with Crippen molar-refractivity contribution in [1.29, 1.82) is 0 Å². The van der Waals surface area contributed by atoms with Crippen molar-refractivity contribution in [2.24, 2.45) is 0 Å². The molecule has 2 nitrogen and oxygen atoms in total. The molecule has 1 aliphatic carbocycles. The van der Waals surface area contributed by atoms with E-state index in [0.717, 1.165) is 0 Å². The summed E-state index contributed by atoms with van der Waals surface area (Å²) < 4.78 is 0. The molecular weight excluding hydrogens is 116 g/mol. The van der Waals surface area contributed by atoms with E-state index in [2.05, 4.69) is 0 Å². The summed E-state index contributed by atoms with van der Waals surface area (Å²) in [6, 6.07) is 0. The third kappa shape index (κ3) is 1.14. The Hall–Kier alpha value is -0.340. The lowest BCUT2D eigenvalue weighted by atomic mass is 9.96. The van der Waals surface area contributed by atoms with Gasteiger partial charge in [0.05, 0.1) is 11.7 Å². The normalized spacial score (nSPS) is 26.6. The quantitative estimate of drug-likeness (QED) is 0.503. The Morgan fingerprint density at radius 1 is 1.44 bits per heavy atom. The Morgan fingerprint density at radius 2 is 1.89 bits per heavy atom. The first kappa shape index (κ1) is 6.78. The molecule has 0 aromatic heterocycles. The number of hydrogen-bond acceptors (Lipinski definition) is 2. The molecule has 0 fully saturated rings. The fraction of sp³-hybridized carbons (Fsp3) is 0.714. The van der Waals surface area contributed by atoms with Crippen molar-refractivity contribution >= 4 is 0 Å². The zero-order valence-corrected chi connectivity index (χ0v) is 5.54. The summed E-state index contributed by atoms with van der Waals surface area (Å²) in [5.74, 6) is 0. The molecule has 2 N–H and O–H groups in total. The summed E-state index contributed by atoms with van der Waals surface area (Å²) in [5.41, 5.74) is -0.861. The average Bonchev–Trinajstić information content (AvgIpc) is 2.16. The van der Waals surface area contributed by atoms with Crippen LogP contribution >= 0.6 is 0 Å². The number of hydrogen-bond donors (Lipinski definition) is 2. The van der Waals surface area contributed by atoms with Crippen LogP contribution in [0.15, 0.2) is 12.2 Å². The highest BCUT2D eigenvalue weighted by Crippen LogP contribution is 2.26. The van der Waals surface area contributed by atoms with Crippen LogP contribution in [0.1, 0.15) is 19.8 Å². The molecular formula is C7H12O2. The summed E-state index contributed by atoms with van der Waals surface area (Å²) in [6.07, 6.45) is 4.35. The average molecular weight is 128 g/mol. The monoisotopic (exact) mass is 128 g/mol. The van der Waals surface area contributed by atoms with Gasteiger partial charge in [-0.3, -0.25) is 0 Å². The van der Waals surface area contributed by atoms with Crippen LogP contribution < -0.4 is 0 Å². The van der Waals surface area contributed by atoms with Gasteiger partial charge in [-0.25, -0.2) is 0 Å². The largest absolute Gasteiger partial charge is 0.390 e. The second-order valence-electron chi connectivity index (χ2n) is 2.66. The third-order valence-electron chi connectivity index (χ3n) is 1.89. The maximum Gasteiger partial charge on any atom is 0.0970 e. The Kier molecular flexibility index (Phi) is 1.60. The Morgan fingerprint density at radius 3 is 2.11 bits per heavy atom. The molecule has 2 heteroatoms. The summed E-state index contributed by atoms with van der Waals surface area (Å²) in [4.78, 5) is 0. The van der Waals surface area contributed by atoms with Crippen molar-refractivity contribution in [2.75, 3.05) is 0 Å².